The molecule has 4 aliphatic carbocycles. The molecule has 4 rings (SSSR count). The average Bonchev–Trinajstić information content (AvgIpc) is 2.85. The molecule has 0 aromatic rings. The van der Waals surface area contributed by atoms with Crippen molar-refractivity contribution in [3.8, 4) is 0 Å². The quantitative estimate of drug-likeness (QED) is 0.752. The summed E-state index contributed by atoms with van der Waals surface area (Å²) in [6.07, 6.45) is 11.1. The van der Waals surface area contributed by atoms with Gasteiger partial charge in [-0.3, -0.25) is 0 Å². The minimum Gasteiger partial charge on any atom is -0.393 e. The highest BCUT2D eigenvalue weighted by molar-refractivity contribution is 5.09. The summed E-state index contributed by atoms with van der Waals surface area (Å²) in [5, 5.41) is 20.4. The van der Waals surface area contributed by atoms with Crippen LogP contribution in [0.2, 0.25) is 0 Å². The van der Waals surface area contributed by atoms with Gasteiger partial charge >= 0.3 is 0 Å². The molecule has 23 heavy (non-hydrogen) atoms. The summed E-state index contributed by atoms with van der Waals surface area (Å²) in [6.45, 7) is 7.08. The summed E-state index contributed by atoms with van der Waals surface area (Å²) >= 11 is 0. The normalized spacial score (nSPS) is 57.3. The SMILES string of the molecule is C[C@H](O)[C@@H]1CC[C@H]2[C@@H]3CC[C@@H]4C[C@H](O)CC[C@]4(C)[C@H]3CC[C@@]21C. The second kappa shape index (κ2) is 5.46. The largest absolute Gasteiger partial charge is 0.393 e. The molecule has 4 saturated carbocycles. The second-order valence-corrected chi connectivity index (χ2v) is 10.1. The first-order chi connectivity index (χ1) is 10.9. The Bertz CT molecular complexity index is 461. The minimum absolute atomic E-state index is 0.0374. The Hall–Kier alpha value is -0.0800. The van der Waals surface area contributed by atoms with Crippen LogP contribution in [-0.4, -0.2) is 22.4 Å². The maximum Gasteiger partial charge on any atom is 0.0545 e. The van der Waals surface area contributed by atoms with E-state index >= 15 is 0 Å². The first kappa shape index (κ1) is 16.4. The molecule has 0 aromatic heterocycles. The number of fused-ring (bicyclic) bond motifs is 5. The summed E-state index contributed by atoms with van der Waals surface area (Å²) < 4.78 is 0. The van der Waals surface area contributed by atoms with Crippen LogP contribution in [0, 0.1) is 40.4 Å². The van der Waals surface area contributed by atoms with Gasteiger partial charge in [0.15, 0.2) is 0 Å². The van der Waals surface area contributed by atoms with Crippen molar-refractivity contribution >= 4 is 0 Å². The van der Waals surface area contributed by atoms with Crippen LogP contribution in [0.3, 0.4) is 0 Å². The number of rotatable bonds is 1. The Morgan fingerprint density at radius 3 is 2.30 bits per heavy atom. The van der Waals surface area contributed by atoms with Gasteiger partial charge in [0.05, 0.1) is 12.2 Å². The van der Waals surface area contributed by atoms with E-state index in [1.54, 1.807) is 0 Å². The Morgan fingerprint density at radius 1 is 0.870 bits per heavy atom. The van der Waals surface area contributed by atoms with Crippen molar-refractivity contribution in [2.75, 3.05) is 0 Å². The fourth-order valence-electron chi connectivity index (χ4n) is 8.07. The van der Waals surface area contributed by atoms with E-state index in [2.05, 4.69) is 13.8 Å². The first-order valence-electron chi connectivity index (χ1n) is 10.2. The molecule has 0 spiro atoms. The number of hydrogen-bond acceptors (Lipinski definition) is 2. The van der Waals surface area contributed by atoms with Crippen LogP contribution in [0.4, 0.5) is 0 Å². The Labute approximate surface area is 142 Å². The molecule has 2 nitrogen and oxygen atoms in total. The van der Waals surface area contributed by atoms with E-state index in [1.165, 1.54) is 44.9 Å². The smallest absolute Gasteiger partial charge is 0.0545 e. The molecule has 0 heterocycles. The third-order valence-electron chi connectivity index (χ3n) is 9.29. The molecule has 0 bridgehead atoms. The lowest BCUT2D eigenvalue weighted by Crippen LogP contribution is -2.54. The molecule has 4 fully saturated rings. The zero-order valence-corrected chi connectivity index (χ0v) is 15.3. The van der Waals surface area contributed by atoms with E-state index in [4.69, 9.17) is 0 Å². The van der Waals surface area contributed by atoms with Crippen molar-refractivity contribution < 1.29 is 10.2 Å². The molecule has 0 saturated heterocycles. The summed E-state index contributed by atoms with van der Waals surface area (Å²) in [4.78, 5) is 0. The van der Waals surface area contributed by atoms with Crippen molar-refractivity contribution in [3.05, 3.63) is 0 Å². The summed E-state index contributed by atoms with van der Waals surface area (Å²) in [6, 6.07) is 0. The van der Waals surface area contributed by atoms with Gasteiger partial charge in [-0.2, -0.15) is 0 Å². The standard InChI is InChI=1S/C21H36O2/c1-13(22)17-6-7-18-16-5-4-14-12-15(23)8-10-20(14,2)19(16)9-11-21(17,18)3/h13-19,22-23H,4-12H2,1-3H3/t13-,14+,15+,16-,17-,18-,19-,20-,21+/m0/s1. The van der Waals surface area contributed by atoms with E-state index in [0.717, 1.165) is 36.5 Å². The molecule has 0 aliphatic heterocycles. The summed E-state index contributed by atoms with van der Waals surface area (Å²) in [7, 11) is 0. The highest BCUT2D eigenvalue weighted by Crippen LogP contribution is 2.67. The number of aliphatic hydroxyl groups excluding tert-OH is 2. The topological polar surface area (TPSA) is 40.5 Å². The van der Waals surface area contributed by atoms with Crippen molar-refractivity contribution in [1.82, 2.24) is 0 Å². The molecular formula is C21H36O2. The lowest BCUT2D eigenvalue weighted by atomic mass is 9.44. The second-order valence-electron chi connectivity index (χ2n) is 10.1. The third-order valence-corrected chi connectivity index (χ3v) is 9.29. The van der Waals surface area contributed by atoms with Crippen LogP contribution in [0.1, 0.15) is 78.6 Å². The molecule has 0 unspecified atom stereocenters. The van der Waals surface area contributed by atoms with Gasteiger partial charge in [-0.15, -0.1) is 0 Å². The molecule has 9 atom stereocenters. The maximum atomic E-state index is 10.3. The molecule has 0 amide bonds. The molecule has 2 N–H and O–H groups in total. The van der Waals surface area contributed by atoms with E-state index in [9.17, 15) is 10.2 Å². The lowest BCUT2D eigenvalue weighted by molar-refractivity contribution is -0.132. The molecule has 0 aromatic carbocycles. The summed E-state index contributed by atoms with van der Waals surface area (Å²) in [5.74, 6) is 3.87. The monoisotopic (exact) mass is 320 g/mol. The van der Waals surface area contributed by atoms with Gasteiger partial charge < -0.3 is 10.2 Å². The van der Waals surface area contributed by atoms with E-state index < -0.39 is 0 Å². The van der Waals surface area contributed by atoms with Crippen LogP contribution in [0.5, 0.6) is 0 Å². The zero-order valence-electron chi connectivity index (χ0n) is 15.3. The Kier molecular flexibility index (Phi) is 3.89. The third kappa shape index (κ3) is 2.27. The van der Waals surface area contributed by atoms with Gasteiger partial charge in [-0.25, -0.2) is 0 Å². The van der Waals surface area contributed by atoms with Crippen molar-refractivity contribution in [2.45, 2.75) is 90.8 Å². The fraction of sp³-hybridized carbons (Fsp3) is 1.00. The van der Waals surface area contributed by atoms with Crippen LogP contribution < -0.4 is 0 Å². The van der Waals surface area contributed by atoms with E-state index in [-0.39, 0.29) is 12.2 Å². The molecule has 4 aliphatic rings. The molecule has 132 valence electrons. The van der Waals surface area contributed by atoms with Gasteiger partial charge in [0.2, 0.25) is 0 Å². The molecule has 0 radical (unpaired) electrons. The van der Waals surface area contributed by atoms with Gasteiger partial charge in [0.25, 0.3) is 0 Å². The predicted molar refractivity (Wildman–Crippen MR) is 92.9 cm³/mol. The fourth-order valence-corrected chi connectivity index (χ4v) is 8.07. The van der Waals surface area contributed by atoms with Crippen LogP contribution >= 0.6 is 0 Å². The van der Waals surface area contributed by atoms with E-state index in [1.807, 2.05) is 6.92 Å². The van der Waals surface area contributed by atoms with Gasteiger partial charge in [-0.1, -0.05) is 13.8 Å². The zero-order chi connectivity index (χ0) is 16.4. The first-order valence-corrected chi connectivity index (χ1v) is 10.2. The van der Waals surface area contributed by atoms with E-state index in [0.29, 0.717) is 16.7 Å². The highest BCUT2D eigenvalue weighted by atomic mass is 16.3. The average molecular weight is 321 g/mol. The predicted octanol–water partition coefficient (Wildman–Crippen LogP) is 4.39. The minimum atomic E-state index is -0.140. The highest BCUT2D eigenvalue weighted by Gasteiger charge is 2.60. The number of aliphatic hydroxyl groups is 2. The van der Waals surface area contributed by atoms with Gasteiger partial charge in [-0.05, 0) is 105 Å². The number of hydrogen-bond donors (Lipinski definition) is 2. The van der Waals surface area contributed by atoms with Crippen molar-refractivity contribution in [2.24, 2.45) is 40.4 Å². The van der Waals surface area contributed by atoms with Crippen molar-refractivity contribution in [3.63, 3.8) is 0 Å². The molecular weight excluding hydrogens is 284 g/mol. The lowest BCUT2D eigenvalue weighted by Gasteiger charge is -2.61. The van der Waals surface area contributed by atoms with Crippen molar-refractivity contribution in [1.29, 1.82) is 0 Å². The van der Waals surface area contributed by atoms with Gasteiger partial charge in [0, 0.05) is 0 Å². The Morgan fingerprint density at radius 2 is 1.57 bits per heavy atom. The molecule has 2 heteroatoms. The van der Waals surface area contributed by atoms with Crippen LogP contribution in [0.15, 0.2) is 0 Å². The Balaban J connectivity index is 1.60. The van der Waals surface area contributed by atoms with Crippen LogP contribution in [0.25, 0.3) is 0 Å². The summed E-state index contributed by atoms with van der Waals surface area (Å²) in [5.41, 5.74) is 0.860. The maximum absolute atomic E-state index is 10.3. The van der Waals surface area contributed by atoms with Gasteiger partial charge in [0.1, 0.15) is 0 Å². The van der Waals surface area contributed by atoms with Crippen LogP contribution in [-0.2, 0) is 0 Å².